The average Bonchev–Trinajstić information content (AvgIpc) is 3.57. The van der Waals surface area contributed by atoms with Crippen LogP contribution in [0.1, 0.15) is 75.1 Å². The molecule has 1 saturated heterocycles. The van der Waals surface area contributed by atoms with Crippen LogP contribution in [0.2, 0.25) is 0 Å². The summed E-state index contributed by atoms with van der Waals surface area (Å²) in [6.45, 7) is 5.64. The van der Waals surface area contributed by atoms with E-state index >= 15 is 0 Å². The highest BCUT2D eigenvalue weighted by Crippen LogP contribution is 2.39. The fraction of sp³-hybridized carbons (Fsp3) is 0.483. The molecule has 3 aromatic rings. The first kappa shape index (κ1) is 31.2. The summed E-state index contributed by atoms with van der Waals surface area (Å²) in [4.78, 5) is 18.3. The summed E-state index contributed by atoms with van der Waals surface area (Å²) in [5.41, 5.74) is -1.70. The van der Waals surface area contributed by atoms with Crippen LogP contribution in [0.5, 0.6) is 5.75 Å². The molecule has 13 heteroatoms. The second kappa shape index (κ2) is 12.2. The number of amides is 1. The molecule has 1 aromatic heterocycles. The normalized spacial score (nSPS) is 16.1. The van der Waals surface area contributed by atoms with Crippen LogP contribution in [-0.2, 0) is 23.5 Å². The van der Waals surface area contributed by atoms with Gasteiger partial charge in [-0.05, 0) is 88.8 Å². The molecule has 0 N–H and O–H groups in total. The van der Waals surface area contributed by atoms with Crippen molar-refractivity contribution >= 4 is 6.09 Å². The van der Waals surface area contributed by atoms with Gasteiger partial charge in [-0.2, -0.15) is 31.3 Å². The number of hydrogen-bond acceptors (Lipinski definition) is 6. The zero-order chi connectivity index (χ0) is 30.7. The first-order chi connectivity index (χ1) is 19.6. The van der Waals surface area contributed by atoms with E-state index in [1.54, 1.807) is 20.8 Å². The summed E-state index contributed by atoms with van der Waals surface area (Å²) in [6, 6.07) is 7.68. The lowest BCUT2D eigenvalue weighted by Crippen LogP contribution is -2.36. The second-order valence-electron chi connectivity index (χ2n) is 11.0. The van der Waals surface area contributed by atoms with Gasteiger partial charge in [0.2, 0.25) is 11.7 Å². The number of carbonyl (C=O) groups is 1. The number of benzene rings is 2. The summed E-state index contributed by atoms with van der Waals surface area (Å²) in [7, 11) is 0. The maximum atomic E-state index is 13.9. The number of alkyl halides is 6. The molecular weight excluding hydrogens is 568 g/mol. The van der Waals surface area contributed by atoms with E-state index in [1.807, 2.05) is 0 Å². The summed E-state index contributed by atoms with van der Waals surface area (Å²) in [6.07, 6.45) is -7.10. The fourth-order valence-corrected chi connectivity index (χ4v) is 4.54. The first-order valence-electron chi connectivity index (χ1n) is 13.5. The highest BCUT2D eigenvalue weighted by atomic mass is 19.4. The molecule has 1 aliphatic heterocycles. The number of carbonyl (C=O) groups excluding carboxylic acids is 1. The molecule has 0 spiro atoms. The summed E-state index contributed by atoms with van der Waals surface area (Å²) < 4.78 is 96.0. The number of halogens is 6. The SMILES string of the molecule is CC(C)(C)OC(=O)N1CCC[C@H]1c1nc(-c2ccc(OCCCCc3ccc(C(F)(F)F)cc3)c(C(F)(F)F)c2)no1. The van der Waals surface area contributed by atoms with Gasteiger partial charge in [0.1, 0.15) is 17.4 Å². The standard InChI is InChI=1S/C29H31F6N3O4/c1-27(2,3)41-26(39)38-15-6-8-22(38)25-36-24(37-42-25)19-11-14-23(21(17-19)29(33,34)35)40-16-5-4-7-18-9-12-20(13-10-18)28(30,31)32/h9-14,17,22H,4-8,15-16H2,1-3H3/t22-/m0/s1. The summed E-state index contributed by atoms with van der Waals surface area (Å²) in [5.74, 6) is -0.318. The number of aromatic nitrogens is 2. The van der Waals surface area contributed by atoms with Crippen molar-refractivity contribution in [2.45, 2.75) is 76.9 Å². The first-order valence-corrected chi connectivity index (χ1v) is 13.5. The van der Waals surface area contributed by atoms with Crippen molar-refractivity contribution in [3.05, 3.63) is 65.0 Å². The van der Waals surface area contributed by atoms with Gasteiger partial charge in [-0.3, -0.25) is 4.90 Å². The number of rotatable bonds is 8. The highest BCUT2D eigenvalue weighted by Gasteiger charge is 2.38. The lowest BCUT2D eigenvalue weighted by Gasteiger charge is -2.26. The third kappa shape index (κ3) is 7.95. The van der Waals surface area contributed by atoms with Crippen LogP contribution in [-0.4, -0.2) is 39.9 Å². The Balaban J connectivity index is 1.39. The van der Waals surface area contributed by atoms with Gasteiger partial charge in [-0.25, -0.2) is 4.79 Å². The van der Waals surface area contributed by atoms with Gasteiger partial charge in [-0.15, -0.1) is 0 Å². The third-order valence-electron chi connectivity index (χ3n) is 6.55. The van der Waals surface area contributed by atoms with Gasteiger partial charge in [-0.1, -0.05) is 17.3 Å². The van der Waals surface area contributed by atoms with E-state index in [9.17, 15) is 31.1 Å². The molecule has 1 amide bonds. The van der Waals surface area contributed by atoms with Crippen molar-refractivity contribution in [1.82, 2.24) is 15.0 Å². The van der Waals surface area contributed by atoms with E-state index in [0.717, 1.165) is 18.2 Å². The monoisotopic (exact) mass is 599 g/mol. The molecule has 2 heterocycles. The lowest BCUT2D eigenvalue weighted by molar-refractivity contribution is -0.139. The van der Waals surface area contributed by atoms with Crippen molar-refractivity contribution in [3.63, 3.8) is 0 Å². The Morgan fingerprint density at radius 2 is 1.71 bits per heavy atom. The molecule has 7 nitrogen and oxygen atoms in total. The predicted octanol–water partition coefficient (Wildman–Crippen LogP) is 8.25. The molecule has 0 radical (unpaired) electrons. The van der Waals surface area contributed by atoms with E-state index in [4.69, 9.17) is 14.0 Å². The summed E-state index contributed by atoms with van der Waals surface area (Å²) >= 11 is 0. The number of aryl methyl sites for hydroxylation is 1. The van der Waals surface area contributed by atoms with E-state index in [0.29, 0.717) is 44.2 Å². The zero-order valence-corrected chi connectivity index (χ0v) is 23.3. The Morgan fingerprint density at radius 1 is 1.00 bits per heavy atom. The summed E-state index contributed by atoms with van der Waals surface area (Å²) in [5, 5.41) is 3.85. The Bertz CT molecular complexity index is 1360. The minimum Gasteiger partial charge on any atom is -0.493 e. The van der Waals surface area contributed by atoms with Crippen LogP contribution in [0.25, 0.3) is 11.4 Å². The molecule has 0 unspecified atom stereocenters. The highest BCUT2D eigenvalue weighted by molar-refractivity contribution is 5.69. The van der Waals surface area contributed by atoms with Crippen molar-refractivity contribution in [1.29, 1.82) is 0 Å². The minimum absolute atomic E-state index is 0.0163. The van der Waals surface area contributed by atoms with Gasteiger partial charge in [0.15, 0.2) is 0 Å². The van der Waals surface area contributed by atoms with Gasteiger partial charge >= 0.3 is 18.4 Å². The van der Waals surface area contributed by atoms with Crippen molar-refractivity contribution in [2.24, 2.45) is 0 Å². The molecule has 1 aliphatic rings. The Labute approximate surface area is 238 Å². The van der Waals surface area contributed by atoms with Crippen LogP contribution in [0.15, 0.2) is 47.0 Å². The van der Waals surface area contributed by atoms with E-state index < -0.39 is 41.2 Å². The number of likely N-dealkylation sites (tertiary alicyclic amines) is 1. The lowest BCUT2D eigenvalue weighted by atomic mass is 10.1. The van der Waals surface area contributed by atoms with Crippen molar-refractivity contribution in [3.8, 4) is 17.1 Å². The molecule has 4 rings (SSSR count). The van der Waals surface area contributed by atoms with Gasteiger partial charge in [0, 0.05) is 12.1 Å². The predicted molar refractivity (Wildman–Crippen MR) is 140 cm³/mol. The van der Waals surface area contributed by atoms with Crippen LogP contribution in [0.4, 0.5) is 31.1 Å². The maximum Gasteiger partial charge on any atom is 0.419 e. The number of nitrogens with zero attached hydrogens (tertiary/aromatic N) is 3. The van der Waals surface area contributed by atoms with Crippen molar-refractivity contribution < 1.29 is 45.1 Å². The van der Waals surface area contributed by atoms with Gasteiger partial charge in [0.05, 0.1) is 17.7 Å². The Kier molecular flexibility index (Phi) is 9.07. The molecule has 0 saturated carbocycles. The minimum atomic E-state index is -4.73. The van der Waals surface area contributed by atoms with Crippen LogP contribution >= 0.6 is 0 Å². The molecule has 0 aliphatic carbocycles. The van der Waals surface area contributed by atoms with E-state index in [-0.39, 0.29) is 29.6 Å². The molecule has 2 aromatic carbocycles. The van der Waals surface area contributed by atoms with Gasteiger partial charge < -0.3 is 14.0 Å². The smallest absolute Gasteiger partial charge is 0.419 e. The fourth-order valence-electron chi connectivity index (χ4n) is 4.54. The Morgan fingerprint density at radius 3 is 2.36 bits per heavy atom. The number of hydrogen-bond donors (Lipinski definition) is 0. The molecule has 228 valence electrons. The van der Waals surface area contributed by atoms with Crippen LogP contribution in [0, 0.1) is 0 Å². The zero-order valence-electron chi connectivity index (χ0n) is 23.3. The van der Waals surface area contributed by atoms with Crippen LogP contribution in [0.3, 0.4) is 0 Å². The van der Waals surface area contributed by atoms with Crippen LogP contribution < -0.4 is 4.74 Å². The Hall–Kier alpha value is -3.77. The largest absolute Gasteiger partial charge is 0.493 e. The molecular formula is C29H31F6N3O4. The number of ether oxygens (including phenoxy) is 2. The molecule has 0 bridgehead atoms. The van der Waals surface area contributed by atoms with Gasteiger partial charge in [0.25, 0.3) is 0 Å². The molecule has 1 fully saturated rings. The van der Waals surface area contributed by atoms with E-state index in [2.05, 4.69) is 10.1 Å². The second-order valence-corrected chi connectivity index (χ2v) is 11.0. The maximum absolute atomic E-state index is 13.9. The average molecular weight is 600 g/mol. The topological polar surface area (TPSA) is 77.7 Å². The number of unbranched alkanes of at least 4 members (excludes halogenated alkanes) is 1. The van der Waals surface area contributed by atoms with E-state index in [1.165, 1.54) is 29.2 Å². The van der Waals surface area contributed by atoms with Crippen molar-refractivity contribution in [2.75, 3.05) is 13.2 Å². The quantitative estimate of drug-likeness (QED) is 0.192. The molecule has 1 atom stereocenters. The third-order valence-corrected chi connectivity index (χ3v) is 6.55. The molecule has 42 heavy (non-hydrogen) atoms.